The molecule has 0 aromatic heterocycles. The summed E-state index contributed by atoms with van der Waals surface area (Å²) in [5.41, 5.74) is 6.55. The summed E-state index contributed by atoms with van der Waals surface area (Å²) < 4.78 is 4.77. The molecule has 1 heterocycles. The van der Waals surface area contributed by atoms with Crippen molar-refractivity contribution in [2.45, 2.75) is 19.9 Å². The molecule has 14 heavy (non-hydrogen) atoms. The van der Waals surface area contributed by atoms with Crippen LogP contribution in [0, 0.1) is 11.3 Å². The Balaban J connectivity index is 2.93. The summed E-state index contributed by atoms with van der Waals surface area (Å²) in [6, 6.07) is 1.08. The number of rotatable bonds is 2. The van der Waals surface area contributed by atoms with Gasteiger partial charge in [-0.2, -0.15) is 5.26 Å². The molecule has 0 radical (unpaired) electrons. The minimum Gasteiger partial charge on any atom is -0.464 e. The maximum Gasteiger partial charge on any atom is 0.337 e. The average molecular weight is 193 g/mol. The van der Waals surface area contributed by atoms with E-state index >= 15 is 0 Å². The Bertz CT molecular complexity index is 363. The van der Waals surface area contributed by atoms with E-state index in [1.807, 2.05) is 6.07 Å². The normalized spacial score (nSPS) is 20.4. The fourth-order valence-electron chi connectivity index (χ4n) is 1.22. The second kappa shape index (κ2) is 3.92. The molecule has 0 aromatic carbocycles. The number of hydrogen-bond donors (Lipinski definition) is 1. The lowest BCUT2D eigenvalue weighted by Gasteiger charge is -2.07. The zero-order valence-corrected chi connectivity index (χ0v) is 8.07. The fraction of sp³-hybridized carbons (Fsp3) is 0.444. The smallest absolute Gasteiger partial charge is 0.337 e. The quantitative estimate of drug-likeness (QED) is 0.631. The van der Waals surface area contributed by atoms with Crippen molar-refractivity contribution in [2.75, 3.05) is 6.61 Å². The summed E-state index contributed by atoms with van der Waals surface area (Å²) >= 11 is 0. The Kier molecular flexibility index (Phi) is 2.87. The van der Waals surface area contributed by atoms with Crippen molar-refractivity contribution in [1.29, 1.82) is 5.26 Å². The molecule has 0 unspecified atom stereocenters. The van der Waals surface area contributed by atoms with Gasteiger partial charge >= 0.3 is 5.97 Å². The van der Waals surface area contributed by atoms with Gasteiger partial charge in [0.05, 0.1) is 23.6 Å². The van der Waals surface area contributed by atoms with Crippen LogP contribution in [0.3, 0.4) is 0 Å². The molecule has 0 amide bonds. The van der Waals surface area contributed by atoms with Crippen molar-refractivity contribution >= 4 is 11.7 Å². The van der Waals surface area contributed by atoms with E-state index in [0.717, 1.165) is 0 Å². The summed E-state index contributed by atoms with van der Waals surface area (Å²) in [4.78, 5) is 15.3. The van der Waals surface area contributed by atoms with Crippen molar-refractivity contribution in [3.05, 3.63) is 11.3 Å². The number of esters is 1. The van der Waals surface area contributed by atoms with E-state index in [9.17, 15) is 4.79 Å². The number of carbonyl (C=O) groups is 1. The lowest BCUT2D eigenvalue weighted by molar-refractivity contribution is -0.143. The fourth-order valence-corrected chi connectivity index (χ4v) is 1.22. The van der Waals surface area contributed by atoms with Crippen molar-refractivity contribution in [3.63, 3.8) is 0 Å². The first-order valence-electron chi connectivity index (χ1n) is 4.23. The third-order valence-corrected chi connectivity index (χ3v) is 1.89. The molecule has 2 N–H and O–H groups in total. The number of carbonyl (C=O) groups excluding carboxylic acids is 1. The number of nitrogens with zero attached hydrogens (tertiary/aromatic N) is 2. The van der Waals surface area contributed by atoms with Gasteiger partial charge in [-0.25, -0.2) is 4.79 Å². The third kappa shape index (κ3) is 1.59. The molecule has 74 valence electrons. The molecule has 1 atom stereocenters. The molecule has 0 spiro atoms. The molecule has 0 fully saturated rings. The number of allylic oxidation sites excluding steroid dienone is 1. The molecule has 5 heteroatoms. The summed E-state index contributed by atoms with van der Waals surface area (Å²) in [5, 5.41) is 8.72. The van der Waals surface area contributed by atoms with Crippen LogP contribution in [-0.2, 0) is 9.53 Å². The highest BCUT2D eigenvalue weighted by Crippen LogP contribution is 2.18. The molecule has 0 aliphatic carbocycles. The van der Waals surface area contributed by atoms with E-state index in [2.05, 4.69) is 4.99 Å². The molecule has 1 aliphatic heterocycles. The second-order valence-electron chi connectivity index (χ2n) is 2.81. The van der Waals surface area contributed by atoms with Gasteiger partial charge < -0.3 is 10.5 Å². The third-order valence-electron chi connectivity index (χ3n) is 1.89. The highest BCUT2D eigenvalue weighted by molar-refractivity contribution is 6.07. The first-order valence-corrected chi connectivity index (χ1v) is 4.23. The van der Waals surface area contributed by atoms with Crippen LogP contribution >= 0.6 is 0 Å². The Morgan fingerprint density at radius 2 is 2.43 bits per heavy atom. The predicted octanol–water partition coefficient (Wildman–Crippen LogP) is 0.129. The maximum atomic E-state index is 11.3. The molecule has 0 aromatic rings. The Labute approximate surface area is 81.9 Å². The van der Waals surface area contributed by atoms with Crippen molar-refractivity contribution in [3.8, 4) is 6.07 Å². The first-order chi connectivity index (χ1) is 6.61. The minimum atomic E-state index is -0.829. The van der Waals surface area contributed by atoms with Crippen LogP contribution in [0.25, 0.3) is 0 Å². The molecule has 1 rings (SSSR count). The van der Waals surface area contributed by atoms with Crippen LogP contribution < -0.4 is 5.73 Å². The van der Waals surface area contributed by atoms with Gasteiger partial charge in [0.15, 0.2) is 6.04 Å². The molecule has 0 saturated heterocycles. The van der Waals surface area contributed by atoms with Crippen LogP contribution in [0.5, 0.6) is 0 Å². The predicted molar refractivity (Wildman–Crippen MR) is 50.4 cm³/mol. The summed E-state index contributed by atoms with van der Waals surface area (Å²) in [6.45, 7) is 3.62. The highest BCUT2D eigenvalue weighted by Gasteiger charge is 2.30. The summed E-state index contributed by atoms with van der Waals surface area (Å²) in [5.74, 6) is -0.505. The maximum absolute atomic E-state index is 11.3. The van der Waals surface area contributed by atoms with Crippen molar-refractivity contribution in [1.82, 2.24) is 0 Å². The van der Waals surface area contributed by atoms with Gasteiger partial charge in [-0.3, -0.25) is 4.99 Å². The van der Waals surface area contributed by atoms with E-state index in [1.54, 1.807) is 13.8 Å². The number of hydrogen-bond acceptors (Lipinski definition) is 5. The number of ether oxygens (including phenoxy) is 1. The van der Waals surface area contributed by atoms with Crippen LogP contribution in [-0.4, -0.2) is 24.3 Å². The molecular weight excluding hydrogens is 182 g/mol. The van der Waals surface area contributed by atoms with E-state index in [-0.39, 0.29) is 17.9 Å². The standard InChI is InChI=1S/C9H11N3O2/c1-3-14-9(13)8-7(11)6(4-10)5(2)12-8/h8H,3,11H2,1-2H3/t8-/m0/s1. The van der Waals surface area contributed by atoms with E-state index in [1.165, 1.54) is 0 Å². The van der Waals surface area contributed by atoms with Crippen LogP contribution in [0.2, 0.25) is 0 Å². The van der Waals surface area contributed by atoms with Crippen LogP contribution in [0.4, 0.5) is 0 Å². The summed E-state index contributed by atoms with van der Waals surface area (Å²) in [6.07, 6.45) is 0. The number of nitriles is 1. The van der Waals surface area contributed by atoms with Gasteiger partial charge in [-0.15, -0.1) is 0 Å². The van der Waals surface area contributed by atoms with Gasteiger partial charge in [-0.05, 0) is 13.8 Å². The molecule has 5 nitrogen and oxygen atoms in total. The van der Waals surface area contributed by atoms with Gasteiger partial charge in [0.2, 0.25) is 0 Å². The second-order valence-corrected chi connectivity index (χ2v) is 2.81. The minimum absolute atomic E-state index is 0.184. The van der Waals surface area contributed by atoms with E-state index in [0.29, 0.717) is 5.71 Å². The zero-order chi connectivity index (χ0) is 10.7. The van der Waals surface area contributed by atoms with Gasteiger partial charge in [0.1, 0.15) is 6.07 Å². The topological polar surface area (TPSA) is 88.5 Å². The largest absolute Gasteiger partial charge is 0.464 e. The van der Waals surface area contributed by atoms with E-state index < -0.39 is 12.0 Å². The monoisotopic (exact) mass is 193 g/mol. The van der Waals surface area contributed by atoms with Crippen LogP contribution in [0.15, 0.2) is 16.3 Å². The Morgan fingerprint density at radius 3 is 2.86 bits per heavy atom. The van der Waals surface area contributed by atoms with Gasteiger partial charge in [0, 0.05) is 0 Å². The number of aliphatic imine (C=N–C) groups is 1. The van der Waals surface area contributed by atoms with Gasteiger partial charge in [-0.1, -0.05) is 0 Å². The molecule has 0 saturated carbocycles. The average Bonchev–Trinajstić information content (AvgIpc) is 2.42. The first kappa shape index (κ1) is 10.3. The Hall–Kier alpha value is -1.83. The highest BCUT2D eigenvalue weighted by atomic mass is 16.5. The Morgan fingerprint density at radius 1 is 1.79 bits per heavy atom. The SMILES string of the molecule is CCOC(=O)[C@H]1N=C(C)C(C#N)=C1N. The number of nitrogens with two attached hydrogens (primary N) is 1. The molecule has 1 aliphatic rings. The van der Waals surface area contributed by atoms with Crippen molar-refractivity contribution in [2.24, 2.45) is 10.7 Å². The molecular formula is C9H11N3O2. The van der Waals surface area contributed by atoms with Gasteiger partial charge in [0.25, 0.3) is 0 Å². The van der Waals surface area contributed by atoms with E-state index in [4.69, 9.17) is 15.7 Å². The van der Waals surface area contributed by atoms with Crippen molar-refractivity contribution < 1.29 is 9.53 Å². The zero-order valence-electron chi connectivity index (χ0n) is 8.07. The lowest BCUT2D eigenvalue weighted by Crippen LogP contribution is -2.26. The molecule has 0 bridgehead atoms. The van der Waals surface area contributed by atoms with Crippen LogP contribution in [0.1, 0.15) is 13.8 Å². The summed E-state index contributed by atoms with van der Waals surface area (Å²) in [7, 11) is 0. The lowest BCUT2D eigenvalue weighted by atomic mass is 10.1.